The molecule has 208 valence electrons. The lowest BCUT2D eigenvalue weighted by atomic mass is 9.87. The zero-order valence-corrected chi connectivity index (χ0v) is 25.2. The highest BCUT2D eigenvalue weighted by Crippen LogP contribution is 2.29. The summed E-state index contributed by atoms with van der Waals surface area (Å²) in [5.41, 5.74) is 7.09. The van der Waals surface area contributed by atoms with Crippen LogP contribution in [0.5, 0.6) is 0 Å². The average molecular weight is 553 g/mol. The Bertz CT molecular complexity index is 1520. The van der Waals surface area contributed by atoms with Crippen molar-refractivity contribution in [3.63, 3.8) is 0 Å². The largest absolute Gasteiger partial charge is 0.346 e. The van der Waals surface area contributed by atoms with Crippen molar-refractivity contribution >= 4 is 11.8 Å². The van der Waals surface area contributed by atoms with Crippen LogP contribution in [0.3, 0.4) is 0 Å². The fourth-order valence-electron chi connectivity index (χ4n) is 4.97. The molecule has 0 aliphatic carbocycles. The maximum absolute atomic E-state index is 13.0. The minimum atomic E-state index is -0.0409. The molecule has 0 spiro atoms. The first-order valence-electron chi connectivity index (χ1n) is 14.2. The Morgan fingerprint density at radius 2 is 1.57 bits per heavy atom. The van der Waals surface area contributed by atoms with Crippen molar-refractivity contribution in [3.05, 3.63) is 105 Å². The van der Waals surface area contributed by atoms with Crippen LogP contribution in [0.1, 0.15) is 69.1 Å². The summed E-state index contributed by atoms with van der Waals surface area (Å²) >= 11 is 1.78. The van der Waals surface area contributed by atoms with E-state index in [0.717, 1.165) is 53.1 Å². The minimum Gasteiger partial charge on any atom is -0.279 e. The van der Waals surface area contributed by atoms with Gasteiger partial charge in [-0.2, -0.15) is 10.4 Å². The minimum absolute atomic E-state index is 0.0409. The Labute approximate surface area is 242 Å². The van der Waals surface area contributed by atoms with E-state index in [1.165, 1.54) is 16.0 Å². The molecule has 4 aromatic rings. The summed E-state index contributed by atoms with van der Waals surface area (Å²) < 4.78 is 3.40. The van der Waals surface area contributed by atoms with Crippen LogP contribution in [-0.4, -0.2) is 20.1 Å². The van der Waals surface area contributed by atoms with Gasteiger partial charge in [0.15, 0.2) is 0 Å². The number of hydrogen-bond donors (Lipinski definition) is 0. The van der Waals surface area contributed by atoms with E-state index in [9.17, 15) is 10.1 Å². The molecule has 6 heteroatoms. The van der Waals surface area contributed by atoms with Crippen molar-refractivity contribution in [2.75, 3.05) is 5.75 Å². The number of hydrogen-bond acceptors (Lipinski definition) is 4. The molecule has 0 amide bonds. The molecule has 0 fully saturated rings. The van der Waals surface area contributed by atoms with Crippen LogP contribution in [0, 0.1) is 11.3 Å². The van der Waals surface area contributed by atoms with Crippen molar-refractivity contribution < 1.29 is 0 Å². The van der Waals surface area contributed by atoms with Gasteiger partial charge in [-0.15, -0.1) is 11.8 Å². The van der Waals surface area contributed by atoms with Crippen molar-refractivity contribution in [1.82, 2.24) is 14.3 Å². The van der Waals surface area contributed by atoms with Gasteiger partial charge >= 0.3 is 5.69 Å². The van der Waals surface area contributed by atoms with Gasteiger partial charge < -0.3 is 0 Å². The molecule has 1 heterocycles. The molecule has 0 aliphatic heterocycles. The van der Waals surface area contributed by atoms with E-state index in [0.29, 0.717) is 19.5 Å². The Balaban J connectivity index is 1.40. The lowest BCUT2D eigenvalue weighted by Crippen LogP contribution is -2.25. The summed E-state index contributed by atoms with van der Waals surface area (Å²) in [5, 5.41) is 14.0. The topological polar surface area (TPSA) is 63.6 Å². The van der Waals surface area contributed by atoms with E-state index in [4.69, 9.17) is 5.10 Å². The number of aromatic nitrogens is 3. The zero-order chi connectivity index (χ0) is 28.7. The van der Waals surface area contributed by atoms with Crippen LogP contribution < -0.4 is 5.69 Å². The van der Waals surface area contributed by atoms with Gasteiger partial charge in [-0.05, 0) is 76.4 Å². The van der Waals surface area contributed by atoms with E-state index >= 15 is 0 Å². The highest BCUT2D eigenvalue weighted by molar-refractivity contribution is 7.99. The first kappa shape index (κ1) is 29.4. The molecule has 0 saturated heterocycles. The van der Waals surface area contributed by atoms with Crippen LogP contribution in [-0.2, 0) is 37.8 Å². The van der Waals surface area contributed by atoms with Crippen LogP contribution in [0.4, 0.5) is 0 Å². The molecular formula is C34H40N4OS. The van der Waals surface area contributed by atoms with E-state index in [-0.39, 0.29) is 11.1 Å². The summed E-state index contributed by atoms with van der Waals surface area (Å²) in [6.45, 7) is 11.9. The second-order valence-electron chi connectivity index (χ2n) is 11.2. The van der Waals surface area contributed by atoms with Crippen LogP contribution in [0.2, 0.25) is 0 Å². The third-order valence-electron chi connectivity index (χ3n) is 7.25. The van der Waals surface area contributed by atoms with E-state index in [1.54, 1.807) is 21.0 Å². The molecular weight excluding hydrogens is 512 g/mol. The Morgan fingerprint density at radius 3 is 2.20 bits per heavy atom. The summed E-state index contributed by atoms with van der Waals surface area (Å²) in [7, 11) is 0. The molecule has 0 unspecified atom stereocenters. The molecule has 0 saturated carbocycles. The quantitative estimate of drug-likeness (QED) is 0.182. The smallest absolute Gasteiger partial charge is 0.279 e. The van der Waals surface area contributed by atoms with Gasteiger partial charge in [-0.25, -0.2) is 9.48 Å². The molecule has 1 aromatic heterocycles. The summed E-state index contributed by atoms with van der Waals surface area (Å²) in [6.07, 6.45) is 3.03. The lowest BCUT2D eigenvalue weighted by molar-refractivity contribution is 0.588. The molecule has 5 nitrogen and oxygen atoms in total. The van der Waals surface area contributed by atoms with Gasteiger partial charge in [0, 0.05) is 17.9 Å². The van der Waals surface area contributed by atoms with Gasteiger partial charge in [-0.3, -0.25) is 4.57 Å². The van der Waals surface area contributed by atoms with Crippen LogP contribution in [0.15, 0.2) is 76.4 Å². The summed E-state index contributed by atoms with van der Waals surface area (Å²) in [6, 6.07) is 25.9. The molecule has 0 N–H and O–H groups in total. The summed E-state index contributed by atoms with van der Waals surface area (Å²) in [5.74, 6) is 1.84. The predicted molar refractivity (Wildman–Crippen MR) is 166 cm³/mol. The Morgan fingerprint density at radius 1 is 0.900 bits per heavy atom. The van der Waals surface area contributed by atoms with Gasteiger partial charge in [0.25, 0.3) is 0 Å². The molecule has 40 heavy (non-hydrogen) atoms. The monoisotopic (exact) mass is 552 g/mol. The molecule has 0 radical (unpaired) electrons. The number of benzene rings is 3. The molecule has 4 rings (SSSR count). The van der Waals surface area contributed by atoms with E-state index < -0.39 is 0 Å². The maximum atomic E-state index is 13.0. The fourth-order valence-corrected chi connectivity index (χ4v) is 5.76. The third-order valence-corrected chi connectivity index (χ3v) is 8.25. The summed E-state index contributed by atoms with van der Waals surface area (Å²) in [4.78, 5) is 14.2. The van der Waals surface area contributed by atoms with Crippen molar-refractivity contribution in [3.8, 4) is 17.2 Å². The molecule has 0 aliphatic rings. The number of aryl methyl sites for hydroxylation is 2. The molecule has 0 atom stereocenters. The predicted octanol–water partition coefficient (Wildman–Crippen LogP) is 7.43. The first-order valence-corrected chi connectivity index (χ1v) is 15.2. The Hall–Kier alpha value is -3.56. The Kier molecular flexibility index (Phi) is 9.71. The number of nitriles is 1. The van der Waals surface area contributed by atoms with Crippen molar-refractivity contribution in [2.45, 2.75) is 83.7 Å². The van der Waals surface area contributed by atoms with Crippen LogP contribution >= 0.6 is 11.8 Å². The highest BCUT2D eigenvalue weighted by atomic mass is 32.2. The maximum Gasteiger partial charge on any atom is 0.346 e. The van der Waals surface area contributed by atoms with Gasteiger partial charge in [0.2, 0.25) is 0 Å². The highest BCUT2D eigenvalue weighted by Gasteiger charge is 2.15. The van der Waals surface area contributed by atoms with Gasteiger partial charge in [0.1, 0.15) is 5.82 Å². The van der Waals surface area contributed by atoms with Crippen LogP contribution in [0.25, 0.3) is 11.1 Å². The van der Waals surface area contributed by atoms with Gasteiger partial charge in [0.05, 0.1) is 19.0 Å². The first-order chi connectivity index (χ1) is 19.2. The third kappa shape index (κ3) is 7.14. The number of rotatable bonds is 11. The van der Waals surface area contributed by atoms with Gasteiger partial charge in [-0.1, -0.05) is 82.3 Å². The zero-order valence-electron chi connectivity index (χ0n) is 24.4. The second kappa shape index (κ2) is 13.2. The van der Waals surface area contributed by atoms with Crippen molar-refractivity contribution in [1.29, 1.82) is 5.26 Å². The number of thioether (sulfide) groups is 1. The SMILES string of the molecule is CCSc1ccc(-c2ccc(CCCc3nn(Cc4ccc(C(C)(C)C)cc4)c(=O)n3CC)cc2)cc1CC#N. The number of nitrogens with zero attached hydrogens (tertiary/aromatic N) is 4. The normalized spacial score (nSPS) is 11.5. The van der Waals surface area contributed by atoms with E-state index in [1.807, 2.05) is 6.92 Å². The lowest BCUT2D eigenvalue weighted by Gasteiger charge is -2.19. The second-order valence-corrected chi connectivity index (χ2v) is 12.5. The average Bonchev–Trinajstić information content (AvgIpc) is 3.23. The fraction of sp³-hybridized carbons (Fsp3) is 0.382. The standard InChI is InChI=1S/C34H40N4OS/c1-6-37-32(36-38(33(37)39)24-26-13-18-30(19-14-26)34(3,4)5)10-8-9-25-11-15-27(16-12-25)28-17-20-31(40-7-2)29(23-28)21-22-35/h11-20,23H,6-10,21,24H2,1-5H3. The molecule has 0 bridgehead atoms. The molecule has 3 aromatic carbocycles. The van der Waals surface area contributed by atoms with Crippen molar-refractivity contribution in [2.24, 2.45) is 0 Å². The van der Waals surface area contributed by atoms with E-state index in [2.05, 4.69) is 100 Å².